The Balaban J connectivity index is 1.30. The Kier molecular flexibility index (Phi) is 3.55. The maximum atomic E-state index is 6.47. The van der Waals surface area contributed by atoms with E-state index >= 15 is 0 Å². The molecule has 3 heteroatoms. The van der Waals surface area contributed by atoms with Crippen LogP contribution in [0.2, 0.25) is 0 Å². The Bertz CT molecular complexity index is 570. The summed E-state index contributed by atoms with van der Waals surface area (Å²) in [7, 11) is 0. The van der Waals surface area contributed by atoms with Gasteiger partial charge in [0.1, 0.15) is 6.10 Å². The van der Waals surface area contributed by atoms with Gasteiger partial charge in [-0.3, -0.25) is 0 Å². The average Bonchev–Trinajstić information content (AvgIpc) is 2.60. The van der Waals surface area contributed by atoms with Gasteiger partial charge in [-0.05, 0) is 56.4 Å². The van der Waals surface area contributed by atoms with Crippen molar-refractivity contribution < 1.29 is 14.5 Å². The number of hydrogen-bond donors (Lipinski definition) is 0. The van der Waals surface area contributed by atoms with Crippen LogP contribution in [0.5, 0.6) is 0 Å². The summed E-state index contributed by atoms with van der Waals surface area (Å²) in [4.78, 5) is 12.1. The molecule has 3 nitrogen and oxygen atoms in total. The fourth-order valence-corrected chi connectivity index (χ4v) is 5.93. The van der Waals surface area contributed by atoms with Gasteiger partial charge in [0, 0.05) is 17.8 Å². The van der Waals surface area contributed by atoms with Crippen molar-refractivity contribution in [1.82, 2.24) is 0 Å². The number of benzene rings is 1. The molecule has 1 heterocycles. The van der Waals surface area contributed by atoms with Crippen molar-refractivity contribution >= 4 is 0 Å². The van der Waals surface area contributed by atoms with Gasteiger partial charge in [0.2, 0.25) is 5.79 Å². The first-order chi connectivity index (χ1) is 11.6. The molecule has 1 aliphatic heterocycles. The summed E-state index contributed by atoms with van der Waals surface area (Å²) in [5.74, 6) is 2.76. The molecular formula is C21H28O3. The van der Waals surface area contributed by atoms with E-state index in [1.165, 1.54) is 43.2 Å². The topological polar surface area (TPSA) is 27.7 Å². The first-order valence-corrected chi connectivity index (χ1v) is 9.69. The van der Waals surface area contributed by atoms with E-state index in [9.17, 15) is 0 Å². The fraction of sp³-hybridized carbons (Fsp3) is 0.714. The molecule has 0 radical (unpaired) electrons. The van der Waals surface area contributed by atoms with Gasteiger partial charge >= 0.3 is 0 Å². The molecule has 1 aromatic rings. The normalized spacial score (nSPS) is 44.8. The van der Waals surface area contributed by atoms with Crippen molar-refractivity contribution in [1.29, 1.82) is 0 Å². The smallest absolute Gasteiger partial charge is 0.207 e. The van der Waals surface area contributed by atoms with Gasteiger partial charge in [-0.1, -0.05) is 36.8 Å². The molecule has 5 fully saturated rings. The van der Waals surface area contributed by atoms with Crippen LogP contribution in [-0.4, -0.2) is 18.5 Å². The van der Waals surface area contributed by atoms with Gasteiger partial charge in [0.25, 0.3) is 0 Å². The highest BCUT2D eigenvalue weighted by Crippen LogP contribution is 2.60. The second-order valence-electron chi connectivity index (χ2n) is 8.75. The molecule has 1 aromatic carbocycles. The predicted molar refractivity (Wildman–Crippen MR) is 91.3 cm³/mol. The molecule has 4 aliphatic carbocycles. The van der Waals surface area contributed by atoms with Crippen molar-refractivity contribution in [3.8, 4) is 0 Å². The van der Waals surface area contributed by atoms with Crippen LogP contribution in [0.4, 0.5) is 0 Å². The number of ether oxygens (including phenoxy) is 1. The molecule has 6 rings (SSSR count). The quantitative estimate of drug-likeness (QED) is 0.743. The van der Waals surface area contributed by atoms with Crippen LogP contribution in [0, 0.1) is 30.6 Å². The van der Waals surface area contributed by atoms with Gasteiger partial charge < -0.3 is 4.74 Å². The molecule has 0 aromatic heterocycles. The molecule has 4 saturated carbocycles. The highest BCUT2D eigenvalue weighted by atomic mass is 17.2. The number of aryl methyl sites for hydroxylation is 1. The highest BCUT2D eigenvalue weighted by Gasteiger charge is 2.61. The van der Waals surface area contributed by atoms with E-state index in [-0.39, 0.29) is 12.0 Å². The third-order valence-corrected chi connectivity index (χ3v) is 7.21. The predicted octanol–water partition coefficient (Wildman–Crippen LogP) is 4.60. The van der Waals surface area contributed by atoms with Crippen LogP contribution in [-0.2, 0) is 14.5 Å². The van der Waals surface area contributed by atoms with Crippen LogP contribution < -0.4 is 0 Å². The van der Waals surface area contributed by atoms with Crippen LogP contribution in [0.1, 0.15) is 56.1 Å². The largest absolute Gasteiger partial charge is 0.344 e. The Morgan fingerprint density at radius 1 is 0.958 bits per heavy atom. The molecule has 0 amide bonds. The van der Waals surface area contributed by atoms with Crippen LogP contribution in [0.25, 0.3) is 0 Å². The molecule has 4 bridgehead atoms. The van der Waals surface area contributed by atoms with Crippen molar-refractivity contribution in [3.63, 3.8) is 0 Å². The Morgan fingerprint density at radius 2 is 1.58 bits per heavy atom. The summed E-state index contributed by atoms with van der Waals surface area (Å²) in [6.07, 6.45) is 6.51. The third-order valence-electron chi connectivity index (χ3n) is 7.21. The van der Waals surface area contributed by atoms with Gasteiger partial charge in [-0.2, -0.15) is 0 Å². The van der Waals surface area contributed by atoms with Crippen molar-refractivity contribution in [2.45, 2.75) is 63.8 Å². The van der Waals surface area contributed by atoms with Gasteiger partial charge in [-0.15, -0.1) is 0 Å². The van der Waals surface area contributed by atoms with E-state index in [1.807, 2.05) is 0 Å². The zero-order valence-electron chi connectivity index (χ0n) is 14.7. The van der Waals surface area contributed by atoms with Gasteiger partial charge in [0.15, 0.2) is 0 Å². The Labute approximate surface area is 144 Å². The molecule has 1 spiro atoms. The van der Waals surface area contributed by atoms with E-state index in [4.69, 9.17) is 14.5 Å². The zero-order valence-corrected chi connectivity index (χ0v) is 14.7. The number of rotatable bonds is 2. The summed E-state index contributed by atoms with van der Waals surface area (Å²) in [6, 6.07) is 8.71. The van der Waals surface area contributed by atoms with Crippen molar-refractivity contribution in [2.75, 3.05) is 6.61 Å². The third kappa shape index (κ3) is 2.28. The lowest BCUT2D eigenvalue weighted by Gasteiger charge is -2.60. The summed E-state index contributed by atoms with van der Waals surface area (Å²) in [5.41, 5.74) is 2.58. The first-order valence-electron chi connectivity index (χ1n) is 9.69. The van der Waals surface area contributed by atoms with E-state index < -0.39 is 5.79 Å². The van der Waals surface area contributed by atoms with E-state index in [1.54, 1.807) is 0 Å². The highest BCUT2D eigenvalue weighted by molar-refractivity contribution is 5.25. The molecule has 1 saturated heterocycles. The maximum Gasteiger partial charge on any atom is 0.207 e. The zero-order chi connectivity index (χ0) is 16.3. The Hall–Kier alpha value is -0.900. The minimum Gasteiger partial charge on any atom is -0.344 e. The second-order valence-corrected chi connectivity index (χ2v) is 8.75. The van der Waals surface area contributed by atoms with Crippen molar-refractivity contribution in [2.24, 2.45) is 23.7 Å². The fourth-order valence-electron chi connectivity index (χ4n) is 5.93. The maximum absolute atomic E-state index is 6.47. The van der Waals surface area contributed by atoms with E-state index in [0.717, 1.165) is 11.8 Å². The van der Waals surface area contributed by atoms with Crippen LogP contribution in [0.3, 0.4) is 0 Å². The molecule has 130 valence electrons. The molecular weight excluding hydrogens is 300 g/mol. The lowest BCUT2D eigenvalue weighted by Crippen LogP contribution is -2.63. The molecule has 24 heavy (non-hydrogen) atoms. The van der Waals surface area contributed by atoms with Gasteiger partial charge in [0.05, 0.1) is 6.61 Å². The van der Waals surface area contributed by atoms with Crippen LogP contribution >= 0.6 is 0 Å². The van der Waals surface area contributed by atoms with Gasteiger partial charge in [-0.25, -0.2) is 9.78 Å². The van der Waals surface area contributed by atoms with Crippen LogP contribution in [0.15, 0.2) is 24.3 Å². The summed E-state index contributed by atoms with van der Waals surface area (Å²) in [6.45, 7) is 4.97. The monoisotopic (exact) mass is 328 g/mol. The number of hydrogen-bond acceptors (Lipinski definition) is 3. The first kappa shape index (κ1) is 15.4. The molecule has 0 N–H and O–H groups in total. The standard InChI is InChI=1S/C21H28O3/c1-13-3-5-17(6-4-13)14(2)20-12-22-21(24-23-20)18-8-15-7-16(10-18)11-19(21)9-15/h3-6,14-16,18-20H,7-12H2,1-2H3. The molecule has 2 unspecified atom stereocenters. The minimum absolute atomic E-state index is 0.0180. The van der Waals surface area contributed by atoms with E-state index in [0.29, 0.717) is 18.4 Å². The average molecular weight is 328 g/mol. The summed E-state index contributed by atoms with van der Waals surface area (Å²) in [5, 5.41) is 0. The lowest BCUT2D eigenvalue weighted by molar-refractivity contribution is -0.526. The molecule has 2 atom stereocenters. The Morgan fingerprint density at radius 3 is 2.12 bits per heavy atom. The minimum atomic E-state index is -0.434. The van der Waals surface area contributed by atoms with Crippen molar-refractivity contribution in [3.05, 3.63) is 35.4 Å². The summed E-state index contributed by atoms with van der Waals surface area (Å²) >= 11 is 0. The second kappa shape index (κ2) is 5.55. The SMILES string of the molecule is Cc1ccc(C(C)C2COC3(OO2)C2CC4CC(C2)CC3C4)cc1. The summed E-state index contributed by atoms with van der Waals surface area (Å²) < 4.78 is 6.47. The lowest BCUT2D eigenvalue weighted by atomic mass is 9.53. The van der Waals surface area contributed by atoms with E-state index in [2.05, 4.69) is 38.1 Å². The molecule has 5 aliphatic rings.